The fourth-order valence-electron chi connectivity index (χ4n) is 3.15. The van der Waals surface area contributed by atoms with Gasteiger partial charge in [0, 0.05) is 17.2 Å². The minimum Gasteiger partial charge on any atom is -0.487 e. The Morgan fingerprint density at radius 3 is 2.56 bits per heavy atom. The van der Waals surface area contributed by atoms with Gasteiger partial charge in [-0.2, -0.15) is 0 Å². The van der Waals surface area contributed by atoms with Gasteiger partial charge in [0.2, 0.25) is 0 Å². The third-order valence-electron chi connectivity index (χ3n) is 4.25. The van der Waals surface area contributed by atoms with E-state index in [9.17, 15) is 9.59 Å². The van der Waals surface area contributed by atoms with E-state index in [1.807, 2.05) is 37.3 Å². The summed E-state index contributed by atoms with van der Waals surface area (Å²) in [6, 6.07) is 11.4. The molecule has 0 N–H and O–H groups in total. The zero-order chi connectivity index (χ0) is 19.4. The van der Waals surface area contributed by atoms with Gasteiger partial charge in [0.15, 0.2) is 0 Å². The SMILES string of the molecule is CCOC(=O)/C=C1/c2ccccc2COc2c(C(=O)OCC)cc(C)cc21. The molecule has 0 aromatic heterocycles. The third-order valence-corrected chi connectivity index (χ3v) is 4.25. The molecule has 1 heterocycles. The van der Waals surface area contributed by atoms with Crippen molar-refractivity contribution in [2.24, 2.45) is 0 Å². The van der Waals surface area contributed by atoms with Crippen LogP contribution in [-0.2, 0) is 20.9 Å². The molecular weight excluding hydrogens is 344 g/mol. The van der Waals surface area contributed by atoms with E-state index in [4.69, 9.17) is 14.2 Å². The van der Waals surface area contributed by atoms with Crippen LogP contribution in [0.15, 0.2) is 42.5 Å². The lowest BCUT2D eigenvalue weighted by molar-refractivity contribution is -0.137. The lowest BCUT2D eigenvalue weighted by Crippen LogP contribution is -2.09. The highest BCUT2D eigenvalue weighted by molar-refractivity contribution is 6.01. The zero-order valence-electron chi connectivity index (χ0n) is 15.7. The van der Waals surface area contributed by atoms with Crippen LogP contribution in [0.25, 0.3) is 5.57 Å². The normalized spacial score (nSPS) is 13.8. The number of carbonyl (C=O) groups excluding carboxylic acids is 2. The van der Waals surface area contributed by atoms with Gasteiger partial charge in [0.05, 0.1) is 13.2 Å². The maximum absolute atomic E-state index is 12.5. The smallest absolute Gasteiger partial charge is 0.341 e. The van der Waals surface area contributed by atoms with Crippen molar-refractivity contribution >= 4 is 17.5 Å². The van der Waals surface area contributed by atoms with Gasteiger partial charge in [0.1, 0.15) is 17.9 Å². The van der Waals surface area contributed by atoms with Crippen LogP contribution in [0.4, 0.5) is 0 Å². The van der Waals surface area contributed by atoms with Crippen LogP contribution >= 0.6 is 0 Å². The van der Waals surface area contributed by atoms with E-state index in [2.05, 4.69) is 0 Å². The fraction of sp³-hybridized carbons (Fsp3) is 0.273. The molecule has 0 spiro atoms. The molecule has 0 fully saturated rings. The maximum Gasteiger partial charge on any atom is 0.341 e. The number of carbonyl (C=O) groups is 2. The van der Waals surface area contributed by atoms with Crippen molar-refractivity contribution in [2.45, 2.75) is 27.4 Å². The first-order valence-electron chi connectivity index (χ1n) is 8.96. The van der Waals surface area contributed by atoms with Crippen LogP contribution in [0.3, 0.4) is 0 Å². The standard InChI is InChI=1S/C22H22O5/c1-4-25-20(23)12-17-16-9-7-6-8-15(16)13-27-21-18(17)10-14(3)11-19(21)22(24)26-5-2/h6-12H,4-5,13H2,1-3H3/b17-12-. The van der Waals surface area contributed by atoms with E-state index in [1.165, 1.54) is 6.08 Å². The van der Waals surface area contributed by atoms with E-state index >= 15 is 0 Å². The van der Waals surface area contributed by atoms with Gasteiger partial charge in [-0.05, 0) is 49.6 Å². The Balaban J connectivity index is 2.25. The number of ether oxygens (including phenoxy) is 3. The number of benzene rings is 2. The summed E-state index contributed by atoms with van der Waals surface area (Å²) in [5.41, 5.74) is 4.38. The van der Waals surface area contributed by atoms with Gasteiger partial charge in [0.25, 0.3) is 0 Å². The maximum atomic E-state index is 12.5. The minimum atomic E-state index is -0.445. The molecule has 140 valence electrons. The lowest BCUT2D eigenvalue weighted by Gasteiger charge is -2.15. The van der Waals surface area contributed by atoms with E-state index in [0.717, 1.165) is 16.7 Å². The average molecular weight is 366 g/mol. The molecule has 27 heavy (non-hydrogen) atoms. The van der Waals surface area contributed by atoms with Crippen molar-refractivity contribution in [1.82, 2.24) is 0 Å². The van der Waals surface area contributed by atoms with Crippen LogP contribution in [0.2, 0.25) is 0 Å². The van der Waals surface area contributed by atoms with E-state index in [-0.39, 0.29) is 13.2 Å². The van der Waals surface area contributed by atoms with E-state index < -0.39 is 11.9 Å². The molecule has 0 amide bonds. The van der Waals surface area contributed by atoms with Gasteiger partial charge in [-0.15, -0.1) is 0 Å². The molecule has 5 nitrogen and oxygen atoms in total. The van der Waals surface area contributed by atoms with Crippen LogP contribution in [0.1, 0.15) is 46.5 Å². The summed E-state index contributed by atoms with van der Waals surface area (Å²) < 4.78 is 16.3. The summed E-state index contributed by atoms with van der Waals surface area (Å²) >= 11 is 0. The van der Waals surface area contributed by atoms with Gasteiger partial charge in [-0.1, -0.05) is 24.3 Å². The molecule has 1 aliphatic heterocycles. The van der Waals surface area contributed by atoms with Crippen LogP contribution < -0.4 is 4.74 Å². The Labute approximate surface area is 158 Å². The Hall–Kier alpha value is -3.08. The Kier molecular flexibility index (Phi) is 5.60. The molecule has 0 saturated heterocycles. The van der Waals surface area contributed by atoms with Crippen molar-refractivity contribution < 1.29 is 23.8 Å². The van der Waals surface area contributed by atoms with Gasteiger partial charge >= 0.3 is 11.9 Å². The van der Waals surface area contributed by atoms with Crippen LogP contribution in [-0.4, -0.2) is 25.2 Å². The molecule has 1 aliphatic rings. The number of esters is 2. The molecular formula is C22H22O5. The second-order valence-corrected chi connectivity index (χ2v) is 6.17. The lowest BCUT2D eigenvalue weighted by atomic mass is 9.91. The third kappa shape index (κ3) is 3.87. The summed E-state index contributed by atoms with van der Waals surface area (Å²) in [6.07, 6.45) is 1.46. The van der Waals surface area contributed by atoms with Gasteiger partial charge in [-0.3, -0.25) is 0 Å². The molecule has 0 saturated carbocycles. The first-order valence-corrected chi connectivity index (χ1v) is 8.96. The monoisotopic (exact) mass is 366 g/mol. The minimum absolute atomic E-state index is 0.271. The second kappa shape index (κ2) is 8.08. The molecule has 0 bridgehead atoms. The van der Waals surface area contributed by atoms with Crippen molar-refractivity contribution in [3.63, 3.8) is 0 Å². The van der Waals surface area contributed by atoms with Crippen molar-refractivity contribution in [3.05, 3.63) is 70.3 Å². The molecule has 2 aromatic rings. The molecule has 5 heteroatoms. The highest BCUT2D eigenvalue weighted by atomic mass is 16.5. The predicted molar refractivity (Wildman–Crippen MR) is 102 cm³/mol. The van der Waals surface area contributed by atoms with Crippen LogP contribution in [0.5, 0.6) is 5.75 Å². The number of fused-ring (bicyclic) bond motifs is 2. The first-order chi connectivity index (χ1) is 13.0. The number of hydrogen-bond donors (Lipinski definition) is 0. The summed E-state index contributed by atoms with van der Waals surface area (Å²) in [5, 5.41) is 0. The summed E-state index contributed by atoms with van der Waals surface area (Å²) in [6.45, 7) is 6.26. The molecule has 2 aromatic carbocycles. The Morgan fingerprint density at radius 1 is 1.07 bits per heavy atom. The fourth-order valence-corrected chi connectivity index (χ4v) is 3.15. The second-order valence-electron chi connectivity index (χ2n) is 6.17. The average Bonchev–Trinajstić information content (AvgIpc) is 2.79. The number of hydrogen-bond acceptors (Lipinski definition) is 5. The largest absolute Gasteiger partial charge is 0.487 e. The summed E-state index contributed by atoms with van der Waals surface area (Å²) in [4.78, 5) is 24.7. The molecule has 0 atom stereocenters. The zero-order valence-corrected chi connectivity index (χ0v) is 15.7. The van der Waals surface area contributed by atoms with Crippen molar-refractivity contribution in [3.8, 4) is 5.75 Å². The molecule has 0 radical (unpaired) electrons. The quantitative estimate of drug-likeness (QED) is 0.603. The Bertz CT molecular complexity index is 911. The van der Waals surface area contributed by atoms with Gasteiger partial charge in [-0.25, -0.2) is 9.59 Å². The summed E-state index contributed by atoms with van der Waals surface area (Å²) in [7, 11) is 0. The van der Waals surface area contributed by atoms with E-state index in [1.54, 1.807) is 19.9 Å². The molecule has 0 aliphatic carbocycles. The molecule has 0 unspecified atom stereocenters. The van der Waals surface area contributed by atoms with Crippen molar-refractivity contribution in [1.29, 1.82) is 0 Å². The first kappa shape index (κ1) is 18.7. The Morgan fingerprint density at radius 2 is 1.81 bits per heavy atom. The number of rotatable bonds is 4. The van der Waals surface area contributed by atoms with Crippen LogP contribution in [0, 0.1) is 6.92 Å². The van der Waals surface area contributed by atoms with Gasteiger partial charge < -0.3 is 14.2 Å². The van der Waals surface area contributed by atoms with E-state index in [0.29, 0.717) is 29.1 Å². The number of aryl methyl sites for hydroxylation is 1. The summed E-state index contributed by atoms with van der Waals surface area (Å²) in [5.74, 6) is -0.459. The topological polar surface area (TPSA) is 61.8 Å². The van der Waals surface area contributed by atoms with Crippen molar-refractivity contribution in [2.75, 3.05) is 13.2 Å². The molecule has 3 rings (SSSR count). The highest BCUT2D eigenvalue weighted by Gasteiger charge is 2.26. The predicted octanol–water partition coefficient (Wildman–Crippen LogP) is 4.06. The highest BCUT2D eigenvalue weighted by Crippen LogP contribution is 2.40.